The first-order valence-electron chi connectivity index (χ1n) is 12.7. The lowest BCUT2D eigenvalue weighted by Gasteiger charge is -2.25. The molecule has 0 saturated heterocycles. The molecule has 1 atom stereocenters. The Morgan fingerprint density at radius 3 is 2.42 bits per heavy atom. The maximum absolute atomic E-state index is 13.2. The van der Waals surface area contributed by atoms with E-state index in [4.69, 9.17) is 10.7 Å². The van der Waals surface area contributed by atoms with Gasteiger partial charge in [0.1, 0.15) is 22.9 Å². The van der Waals surface area contributed by atoms with Gasteiger partial charge in [-0.3, -0.25) is 9.20 Å². The summed E-state index contributed by atoms with van der Waals surface area (Å²) in [7, 11) is 0. The number of aromatic nitrogens is 3. The molecule has 0 aliphatic heterocycles. The highest BCUT2D eigenvalue weighted by Crippen LogP contribution is 2.62. The molecule has 2 aromatic carbocycles. The van der Waals surface area contributed by atoms with Gasteiger partial charge in [-0.2, -0.15) is 13.2 Å². The quantitative estimate of drug-likeness (QED) is 0.316. The van der Waals surface area contributed by atoms with E-state index in [-0.39, 0.29) is 11.3 Å². The van der Waals surface area contributed by atoms with Crippen LogP contribution in [0.15, 0.2) is 60.9 Å². The molecule has 0 spiro atoms. The lowest BCUT2D eigenvalue weighted by atomic mass is 9.81. The van der Waals surface area contributed by atoms with Crippen LogP contribution in [0, 0.1) is 5.41 Å². The highest BCUT2D eigenvalue weighted by Gasteiger charge is 2.60. The Labute approximate surface area is 217 Å². The minimum absolute atomic E-state index is 0.243. The third-order valence-electron chi connectivity index (χ3n) is 8.75. The standard InChI is InChI=1S/C29H27F3N4O2/c1-17(20-3-2-4-21(15-20)29(30,31)32)18-5-7-19(8-6-18)22-23-24(33)34-13-14-36(23)25(35-22)27-9-11-28(16-27,12-10-27)26(37)38/h2-8,13-15,17H,9-12,16H2,1H3,(H2,33,34)(H,37,38)/t17-,27?,28?/m0/s1. The van der Waals surface area contributed by atoms with Gasteiger partial charge < -0.3 is 10.8 Å². The molecule has 6 nitrogen and oxygen atoms in total. The molecule has 2 fully saturated rings. The lowest BCUT2D eigenvalue weighted by Crippen LogP contribution is -2.25. The van der Waals surface area contributed by atoms with Crippen LogP contribution in [-0.4, -0.2) is 25.4 Å². The molecule has 3 N–H and O–H groups in total. The molecule has 0 unspecified atom stereocenters. The van der Waals surface area contributed by atoms with Crippen LogP contribution in [0.3, 0.4) is 0 Å². The summed E-state index contributed by atoms with van der Waals surface area (Å²) in [5.74, 6) is 0.176. The number of carboxylic acids is 1. The molecule has 2 aliphatic carbocycles. The van der Waals surface area contributed by atoms with Gasteiger partial charge in [-0.25, -0.2) is 9.97 Å². The van der Waals surface area contributed by atoms with Crippen LogP contribution >= 0.6 is 0 Å². The van der Waals surface area contributed by atoms with Crippen molar-refractivity contribution in [3.05, 3.63) is 83.4 Å². The molecule has 2 aliphatic rings. The van der Waals surface area contributed by atoms with E-state index < -0.39 is 23.1 Å². The van der Waals surface area contributed by atoms with Crippen molar-refractivity contribution in [3.8, 4) is 11.3 Å². The fourth-order valence-corrected chi connectivity index (χ4v) is 6.55. The zero-order chi connectivity index (χ0) is 26.9. The molecule has 0 radical (unpaired) electrons. The topological polar surface area (TPSA) is 93.5 Å². The summed E-state index contributed by atoms with van der Waals surface area (Å²) >= 11 is 0. The molecular formula is C29H27F3N4O2. The number of nitrogens with zero attached hydrogens (tertiary/aromatic N) is 3. The summed E-state index contributed by atoms with van der Waals surface area (Å²) < 4.78 is 41.6. The predicted octanol–water partition coefficient (Wildman–Crippen LogP) is 6.44. The summed E-state index contributed by atoms with van der Waals surface area (Å²) in [6.07, 6.45) is 2.41. The van der Waals surface area contributed by atoms with E-state index in [1.807, 2.05) is 41.8 Å². The van der Waals surface area contributed by atoms with Crippen molar-refractivity contribution in [2.45, 2.75) is 56.5 Å². The average molecular weight is 521 g/mol. The second-order valence-electron chi connectivity index (χ2n) is 10.8. The van der Waals surface area contributed by atoms with Crippen molar-refractivity contribution in [1.82, 2.24) is 14.4 Å². The normalized spacial score (nSPS) is 23.7. The number of fused-ring (bicyclic) bond motifs is 3. The Bertz CT molecular complexity index is 1550. The monoisotopic (exact) mass is 520 g/mol. The first kappa shape index (κ1) is 24.5. The predicted molar refractivity (Wildman–Crippen MR) is 137 cm³/mol. The van der Waals surface area contributed by atoms with Crippen LogP contribution in [0.25, 0.3) is 16.8 Å². The molecule has 6 rings (SSSR count). The summed E-state index contributed by atoms with van der Waals surface area (Å²) in [5.41, 5.74) is 8.25. The van der Waals surface area contributed by atoms with Gasteiger partial charge in [-0.15, -0.1) is 0 Å². The number of alkyl halides is 3. The molecule has 2 bridgehead atoms. The number of rotatable bonds is 5. The highest BCUT2D eigenvalue weighted by atomic mass is 19.4. The van der Waals surface area contributed by atoms with Crippen LogP contribution in [-0.2, 0) is 16.4 Å². The van der Waals surface area contributed by atoms with Gasteiger partial charge in [-0.05, 0) is 49.3 Å². The maximum atomic E-state index is 13.2. The molecular weight excluding hydrogens is 493 g/mol. The van der Waals surface area contributed by atoms with E-state index in [0.29, 0.717) is 41.9 Å². The van der Waals surface area contributed by atoms with E-state index >= 15 is 0 Å². The van der Waals surface area contributed by atoms with Crippen LogP contribution in [0.4, 0.5) is 19.0 Å². The van der Waals surface area contributed by atoms with E-state index in [9.17, 15) is 23.1 Å². The molecule has 38 heavy (non-hydrogen) atoms. The van der Waals surface area contributed by atoms with E-state index in [1.165, 1.54) is 12.1 Å². The number of nitrogen functional groups attached to an aromatic ring is 1. The first-order chi connectivity index (χ1) is 18.0. The molecule has 2 aromatic heterocycles. The molecule has 196 valence electrons. The number of nitrogens with two attached hydrogens (primary N) is 1. The van der Waals surface area contributed by atoms with Gasteiger partial charge in [0.05, 0.1) is 11.0 Å². The van der Waals surface area contributed by atoms with Crippen LogP contribution in [0.5, 0.6) is 0 Å². The van der Waals surface area contributed by atoms with Crippen LogP contribution in [0.2, 0.25) is 0 Å². The Balaban J connectivity index is 1.38. The first-order valence-corrected chi connectivity index (χ1v) is 12.7. The molecule has 2 heterocycles. The summed E-state index contributed by atoms with van der Waals surface area (Å²) in [6.45, 7) is 1.88. The van der Waals surface area contributed by atoms with Gasteiger partial charge in [0.25, 0.3) is 0 Å². The van der Waals surface area contributed by atoms with Crippen molar-refractivity contribution >= 4 is 17.3 Å². The zero-order valence-electron chi connectivity index (χ0n) is 20.8. The van der Waals surface area contributed by atoms with E-state index in [1.54, 1.807) is 12.3 Å². The third kappa shape index (κ3) is 3.67. The fraction of sp³-hybridized carbons (Fsp3) is 0.345. The van der Waals surface area contributed by atoms with Gasteiger partial charge in [0.2, 0.25) is 0 Å². The maximum Gasteiger partial charge on any atom is 0.416 e. The lowest BCUT2D eigenvalue weighted by molar-refractivity contribution is -0.148. The summed E-state index contributed by atoms with van der Waals surface area (Å²) in [4.78, 5) is 21.4. The largest absolute Gasteiger partial charge is 0.481 e. The van der Waals surface area contributed by atoms with Gasteiger partial charge in [-0.1, -0.05) is 49.4 Å². The smallest absolute Gasteiger partial charge is 0.416 e. The average Bonchev–Trinajstić information content (AvgIpc) is 3.60. The molecule has 2 saturated carbocycles. The number of carbonyl (C=O) groups is 1. The number of halogens is 3. The number of anilines is 1. The Hall–Kier alpha value is -3.88. The molecule has 4 aromatic rings. The zero-order valence-corrected chi connectivity index (χ0v) is 20.8. The number of hydrogen-bond acceptors (Lipinski definition) is 4. The number of aliphatic carboxylic acids is 1. The van der Waals surface area contributed by atoms with E-state index in [2.05, 4.69) is 4.98 Å². The Kier molecular flexibility index (Phi) is 5.35. The van der Waals surface area contributed by atoms with Crippen molar-refractivity contribution in [3.63, 3.8) is 0 Å². The minimum Gasteiger partial charge on any atom is -0.481 e. The third-order valence-corrected chi connectivity index (χ3v) is 8.75. The molecule has 9 heteroatoms. The van der Waals surface area contributed by atoms with Gasteiger partial charge in [0.15, 0.2) is 0 Å². The summed E-state index contributed by atoms with van der Waals surface area (Å²) in [6, 6.07) is 13.0. The number of imidazole rings is 1. The number of carboxylic acid groups (broad SMARTS) is 1. The minimum atomic E-state index is -4.39. The number of benzene rings is 2. The van der Waals surface area contributed by atoms with Crippen LogP contribution in [0.1, 0.15) is 67.5 Å². The SMILES string of the molecule is C[C@@H](c1ccc(-c2nc(C34CCC(C(=O)O)(CC3)C4)n3ccnc(N)c23)cc1)c1cccc(C(F)(F)F)c1. The van der Waals surface area contributed by atoms with Crippen molar-refractivity contribution < 1.29 is 23.1 Å². The highest BCUT2D eigenvalue weighted by molar-refractivity contribution is 5.86. The summed E-state index contributed by atoms with van der Waals surface area (Å²) in [5, 5.41) is 9.89. The van der Waals surface area contributed by atoms with Crippen LogP contribution < -0.4 is 5.73 Å². The Morgan fingerprint density at radius 1 is 1.08 bits per heavy atom. The van der Waals surface area contributed by atoms with E-state index in [0.717, 1.165) is 35.9 Å². The Morgan fingerprint density at radius 2 is 1.79 bits per heavy atom. The van der Waals surface area contributed by atoms with Crippen molar-refractivity contribution in [2.24, 2.45) is 5.41 Å². The second kappa shape index (κ2) is 8.31. The van der Waals surface area contributed by atoms with Gasteiger partial charge in [0, 0.05) is 29.3 Å². The number of hydrogen-bond donors (Lipinski definition) is 2. The molecule has 0 amide bonds. The second-order valence-corrected chi connectivity index (χ2v) is 10.8. The van der Waals surface area contributed by atoms with Gasteiger partial charge >= 0.3 is 12.1 Å². The van der Waals surface area contributed by atoms with Crippen molar-refractivity contribution in [1.29, 1.82) is 0 Å². The fourth-order valence-electron chi connectivity index (χ4n) is 6.55. The van der Waals surface area contributed by atoms with Crippen molar-refractivity contribution in [2.75, 3.05) is 5.73 Å².